The highest BCUT2D eigenvalue weighted by Crippen LogP contribution is 2.31. The summed E-state index contributed by atoms with van der Waals surface area (Å²) in [6, 6.07) is 10.4. The average Bonchev–Trinajstić information content (AvgIpc) is 2.78. The van der Waals surface area contributed by atoms with Crippen molar-refractivity contribution in [2.45, 2.75) is 23.8 Å². The number of fused-ring (bicyclic) bond motifs is 1. The molecule has 1 atom stereocenters. The van der Waals surface area contributed by atoms with Gasteiger partial charge in [0.2, 0.25) is 16.1 Å². The van der Waals surface area contributed by atoms with Crippen molar-refractivity contribution < 1.29 is 22.7 Å². The molecular weight excluding hydrogens is 394 g/mol. The van der Waals surface area contributed by atoms with Crippen LogP contribution in [0.3, 0.4) is 0 Å². The number of nitrogens with zero attached hydrogens (tertiary/aromatic N) is 2. The second kappa shape index (κ2) is 8.38. The third-order valence-corrected chi connectivity index (χ3v) is 7.09. The van der Waals surface area contributed by atoms with Crippen LogP contribution in [0.5, 0.6) is 11.5 Å². The molecule has 4 rings (SSSR count). The highest BCUT2D eigenvalue weighted by molar-refractivity contribution is 7.89. The number of para-hydroxylation sites is 2. The van der Waals surface area contributed by atoms with Gasteiger partial charge in [0.05, 0.1) is 0 Å². The van der Waals surface area contributed by atoms with E-state index in [1.807, 2.05) is 12.1 Å². The molecular formula is C20H23N3O5S. The number of hydrogen-bond donors (Lipinski definition) is 1. The van der Waals surface area contributed by atoms with Gasteiger partial charge in [0.25, 0.3) is 5.91 Å². The number of carbonyl (C=O) groups excluding carboxylic acids is 1. The first-order valence-corrected chi connectivity index (χ1v) is 11.0. The van der Waals surface area contributed by atoms with E-state index in [1.165, 1.54) is 10.5 Å². The van der Waals surface area contributed by atoms with Crippen molar-refractivity contribution in [2.24, 2.45) is 5.92 Å². The number of nitrogens with one attached hydrogen (secondary N) is 1. The third kappa shape index (κ3) is 4.35. The molecule has 154 valence electrons. The van der Waals surface area contributed by atoms with E-state index < -0.39 is 16.1 Å². The van der Waals surface area contributed by atoms with Crippen LogP contribution < -0.4 is 14.8 Å². The summed E-state index contributed by atoms with van der Waals surface area (Å²) in [6.45, 7) is 1.51. The van der Waals surface area contributed by atoms with Crippen molar-refractivity contribution in [1.29, 1.82) is 0 Å². The molecule has 1 fully saturated rings. The fourth-order valence-electron chi connectivity index (χ4n) is 3.51. The summed E-state index contributed by atoms with van der Waals surface area (Å²) < 4.78 is 38.1. The average molecular weight is 417 g/mol. The number of rotatable bonds is 5. The molecule has 1 amide bonds. The lowest BCUT2D eigenvalue weighted by Crippen LogP contribution is -2.47. The zero-order chi connectivity index (χ0) is 20.3. The predicted molar refractivity (Wildman–Crippen MR) is 105 cm³/mol. The van der Waals surface area contributed by atoms with Crippen LogP contribution in [0.4, 0.5) is 0 Å². The van der Waals surface area contributed by atoms with Crippen molar-refractivity contribution >= 4 is 15.9 Å². The van der Waals surface area contributed by atoms with Crippen molar-refractivity contribution in [3.8, 4) is 11.5 Å². The number of aromatic nitrogens is 1. The second-order valence-corrected chi connectivity index (χ2v) is 9.08. The van der Waals surface area contributed by atoms with Crippen LogP contribution in [0.25, 0.3) is 0 Å². The van der Waals surface area contributed by atoms with Gasteiger partial charge < -0.3 is 14.8 Å². The van der Waals surface area contributed by atoms with E-state index >= 15 is 0 Å². The van der Waals surface area contributed by atoms with Gasteiger partial charge in [0, 0.05) is 32.0 Å². The lowest BCUT2D eigenvalue weighted by molar-refractivity contribution is -0.130. The molecule has 2 aliphatic heterocycles. The fourth-order valence-corrected chi connectivity index (χ4v) is 4.94. The standard InChI is InChI=1S/C20H23N3O5S/c24-20(19-14-27-17-5-1-2-6-18(17)28-19)22-12-15-7-10-23(11-8-15)29(25,26)16-4-3-9-21-13-16/h1-6,9,13,15,19H,7-8,10-12,14H2,(H,22,24)/t19-/m0/s1. The third-order valence-electron chi connectivity index (χ3n) is 5.21. The van der Waals surface area contributed by atoms with Crippen LogP contribution in [0.1, 0.15) is 12.8 Å². The van der Waals surface area contributed by atoms with E-state index in [2.05, 4.69) is 10.3 Å². The SMILES string of the molecule is O=C(NCC1CCN(S(=O)(=O)c2cccnc2)CC1)[C@@H]1COc2ccccc2O1. The number of amides is 1. The molecule has 0 bridgehead atoms. The van der Waals surface area contributed by atoms with E-state index in [4.69, 9.17) is 9.47 Å². The van der Waals surface area contributed by atoms with Crippen LogP contribution >= 0.6 is 0 Å². The Hall–Kier alpha value is -2.65. The first-order chi connectivity index (χ1) is 14.0. The van der Waals surface area contributed by atoms with Gasteiger partial charge in [-0.25, -0.2) is 8.42 Å². The molecule has 29 heavy (non-hydrogen) atoms. The van der Waals surface area contributed by atoms with E-state index in [1.54, 1.807) is 30.5 Å². The Morgan fingerprint density at radius 2 is 1.90 bits per heavy atom. The van der Waals surface area contributed by atoms with Gasteiger partial charge in [-0.3, -0.25) is 9.78 Å². The number of ether oxygens (including phenoxy) is 2. The van der Waals surface area contributed by atoms with Gasteiger partial charge in [-0.15, -0.1) is 0 Å². The molecule has 3 heterocycles. The molecule has 0 spiro atoms. The summed E-state index contributed by atoms with van der Waals surface area (Å²) >= 11 is 0. The van der Waals surface area contributed by atoms with Gasteiger partial charge in [0.15, 0.2) is 11.5 Å². The molecule has 0 radical (unpaired) electrons. The van der Waals surface area contributed by atoms with Crippen molar-refractivity contribution in [1.82, 2.24) is 14.6 Å². The van der Waals surface area contributed by atoms with E-state index in [0.29, 0.717) is 44.0 Å². The van der Waals surface area contributed by atoms with Gasteiger partial charge >= 0.3 is 0 Å². The van der Waals surface area contributed by atoms with Crippen LogP contribution in [0.15, 0.2) is 53.7 Å². The Labute approximate surface area is 169 Å². The Kier molecular flexibility index (Phi) is 5.68. The molecule has 2 aliphatic rings. The number of benzene rings is 1. The second-order valence-electron chi connectivity index (χ2n) is 7.15. The van der Waals surface area contributed by atoms with Gasteiger partial charge in [-0.05, 0) is 43.0 Å². The molecule has 1 aromatic carbocycles. The number of hydrogen-bond acceptors (Lipinski definition) is 6. The zero-order valence-corrected chi connectivity index (χ0v) is 16.7. The minimum absolute atomic E-state index is 0.171. The fraction of sp³-hybridized carbons (Fsp3) is 0.400. The molecule has 1 N–H and O–H groups in total. The Morgan fingerprint density at radius 1 is 1.14 bits per heavy atom. The normalized spacial score (nSPS) is 20.2. The topological polar surface area (TPSA) is 97.8 Å². The highest BCUT2D eigenvalue weighted by atomic mass is 32.2. The maximum Gasteiger partial charge on any atom is 0.264 e. The van der Waals surface area contributed by atoms with E-state index in [-0.39, 0.29) is 23.3 Å². The molecule has 1 aromatic heterocycles. The number of carbonyl (C=O) groups is 1. The van der Waals surface area contributed by atoms with Gasteiger partial charge in [0.1, 0.15) is 11.5 Å². The van der Waals surface area contributed by atoms with Gasteiger partial charge in [-0.2, -0.15) is 4.31 Å². The largest absolute Gasteiger partial charge is 0.485 e. The summed E-state index contributed by atoms with van der Waals surface area (Å²) in [4.78, 5) is 16.5. The predicted octanol–water partition coefficient (Wildman–Crippen LogP) is 1.44. The van der Waals surface area contributed by atoms with E-state index in [0.717, 1.165) is 0 Å². The molecule has 0 aliphatic carbocycles. The number of sulfonamides is 1. The highest BCUT2D eigenvalue weighted by Gasteiger charge is 2.31. The lowest BCUT2D eigenvalue weighted by Gasteiger charge is -2.31. The summed E-state index contributed by atoms with van der Waals surface area (Å²) in [5.41, 5.74) is 0. The smallest absolute Gasteiger partial charge is 0.264 e. The Balaban J connectivity index is 1.26. The van der Waals surface area contributed by atoms with Crippen LogP contribution in [-0.4, -0.2) is 56.0 Å². The van der Waals surface area contributed by atoms with Crippen LogP contribution in [0.2, 0.25) is 0 Å². The Morgan fingerprint density at radius 3 is 2.62 bits per heavy atom. The summed E-state index contributed by atoms with van der Waals surface area (Å²) in [5, 5.41) is 2.92. The Bertz CT molecular complexity index is 959. The molecule has 9 heteroatoms. The maximum atomic E-state index is 12.7. The summed E-state index contributed by atoms with van der Waals surface area (Å²) in [7, 11) is -3.52. The van der Waals surface area contributed by atoms with Crippen molar-refractivity contribution in [3.05, 3.63) is 48.8 Å². The summed E-state index contributed by atoms with van der Waals surface area (Å²) in [5.74, 6) is 1.20. The zero-order valence-electron chi connectivity index (χ0n) is 15.9. The number of pyridine rings is 1. The molecule has 1 saturated heterocycles. The molecule has 0 saturated carbocycles. The minimum atomic E-state index is -3.52. The summed E-state index contributed by atoms with van der Waals surface area (Å²) in [6.07, 6.45) is 3.60. The van der Waals surface area contributed by atoms with Crippen LogP contribution in [-0.2, 0) is 14.8 Å². The quantitative estimate of drug-likeness (QED) is 0.791. The van der Waals surface area contributed by atoms with Crippen molar-refractivity contribution in [3.63, 3.8) is 0 Å². The van der Waals surface area contributed by atoms with Crippen molar-refractivity contribution in [2.75, 3.05) is 26.2 Å². The molecule has 2 aromatic rings. The first-order valence-electron chi connectivity index (χ1n) is 9.60. The first kappa shape index (κ1) is 19.7. The number of piperidine rings is 1. The van der Waals surface area contributed by atoms with E-state index in [9.17, 15) is 13.2 Å². The minimum Gasteiger partial charge on any atom is -0.485 e. The monoisotopic (exact) mass is 417 g/mol. The lowest BCUT2D eigenvalue weighted by atomic mass is 9.98. The molecule has 8 nitrogen and oxygen atoms in total. The van der Waals surface area contributed by atoms with Gasteiger partial charge in [-0.1, -0.05) is 12.1 Å². The molecule has 0 unspecified atom stereocenters. The van der Waals surface area contributed by atoms with Crippen LogP contribution in [0, 0.1) is 5.92 Å². The maximum absolute atomic E-state index is 12.7.